The lowest BCUT2D eigenvalue weighted by atomic mass is 9.89. The first kappa shape index (κ1) is 89.4. The third kappa shape index (κ3) is 27.8. The van der Waals surface area contributed by atoms with Crippen molar-refractivity contribution in [2.75, 3.05) is 124 Å². The first-order valence-electron chi connectivity index (χ1n) is 37.1. The number of fused-ring (bicyclic) bond motifs is 3. The third-order valence-corrected chi connectivity index (χ3v) is 20.4. The second-order valence-electron chi connectivity index (χ2n) is 27.4. The number of thiol groups is 1. The van der Waals surface area contributed by atoms with Gasteiger partial charge in [0.2, 0.25) is 58.5 Å². The Hall–Kier alpha value is -10.8. The van der Waals surface area contributed by atoms with E-state index in [9.17, 15) is 72.8 Å². The van der Waals surface area contributed by atoms with Gasteiger partial charge in [-0.15, -0.1) is 0 Å². The fourth-order valence-corrected chi connectivity index (χ4v) is 14.2. The number of unbranched alkanes of at least 4 members (excludes halogenated alkanes) is 3. The third-order valence-electron chi connectivity index (χ3n) is 18.5. The number of nitrogens with one attached hydrogen (secondary N) is 11. The maximum Gasteiger partial charge on any atom is 0.315 e. The van der Waals surface area contributed by atoms with Crippen molar-refractivity contribution in [2.45, 2.75) is 125 Å². The average Bonchev–Trinajstić information content (AvgIpc) is 1.16. The van der Waals surface area contributed by atoms with E-state index < -0.39 is 114 Å². The molecule has 0 aromatic heterocycles. The van der Waals surface area contributed by atoms with Gasteiger partial charge < -0.3 is 108 Å². The number of nitrogens with zero attached hydrogens (tertiary/aromatic N) is 3. The quantitative estimate of drug-likeness (QED) is 0.00454. The first-order valence-corrected chi connectivity index (χ1v) is 38.8. The van der Waals surface area contributed by atoms with Crippen molar-refractivity contribution >= 4 is 118 Å². The highest BCUT2D eigenvalue weighted by Gasteiger charge is 2.42. The Kier molecular flexibility index (Phi) is 35.6. The Bertz CT molecular complexity index is 4270. The molecule has 0 radical (unpaired) electrons. The maximum absolute atomic E-state index is 13.8. The van der Waals surface area contributed by atoms with E-state index in [1.165, 1.54) is 32.2 Å². The van der Waals surface area contributed by atoms with Crippen LogP contribution < -0.4 is 99.4 Å². The minimum Gasteiger partial charge on any atom is -0.545 e. The summed E-state index contributed by atoms with van der Waals surface area (Å²) in [7, 11) is 8.84. The van der Waals surface area contributed by atoms with Crippen LogP contribution in [0.25, 0.3) is 33.4 Å². The van der Waals surface area contributed by atoms with Crippen LogP contribution in [-0.4, -0.2) is 231 Å². The van der Waals surface area contributed by atoms with E-state index in [0.717, 1.165) is 35.7 Å². The lowest BCUT2D eigenvalue weighted by Gasteiger charge is -2.20. The Balaban J connectivity index is 0.811. The van der Waals surface area contributed by atoms with Crippen molar-refractivity contribution in [3.63, 3.8) is 0 Å². The highest BCUT2D eigenvalue weighted by Crippen LogP contribution is 2.43. The predicted molar refractivity (Wildman–Crippen MR) is 421 cm³/mol. The molecule has 7 atom stereocenters. The number of carbonyl (C=O) groups excluding carboxylic acids is 12. The van der Waals surface area contributed by atoms with Gasteiger partial charge in [0.25, 0.3) is 11.6 Å². The molecule has 36 nitrogen and oxygen atoms in total. The van der Waals surface area contributed by atoms with Crippen LogP contribution in [0, 0.1) is 10.1 Å². The first-order chi connectivity index (χ1) is 54.0. The summed E-state index contributed by atoms with van der Waals surface area (Å²) in [5.41, 5.74) is 13.1. The number of benzene rings is 4. The van der Waals surface area contributed by atoms with Gasteiger partial charge in [-0.25, -0.2) is 9.37 Å². The molecule has 15 N–H and O–H groups in total. The maximum atomic E-state index is 13.8. The number of urea groups is 1. The van der Waals surface area contributed by atoms with Gasteiger partial charge >= 0.3 is 6.03 Å². The van der Waals surface area contributed by atoms with Gasteiger partial charge in [-0.3, -0.25) is 58.1 Å². The summed E-state index contributed by atoms with van der Waals surface area (Å²) >= 11 is 5.83. The van der Waals surface area contributed by atoms with E-state index in [1.807, 2.05) is 85.8 Å². The zero-order valence-corrected chi connectivity index (χ0v) is 65.8. The van der Waals surface area contributed by atoms with E-state index >= 15 is 0 Å². The van der Waals surface area contributed by atoms with Gasteiger partial charge in [-0.05, 0) is 107 Å². The number of nitro groups is 1. The largest absolute Gasteiger partial charge is 0.545 e. The summed E-state index contributed by atoms with van der Waals surface area (Å²) in [6.45, 7) is -0.0230. The highest BCUT2D eigenvalue weighted by molar-refractivity contribution is 8.00. The van der Waals surface area contributed by atoms with Crippen LogP contribution in [0.5, 0.6) is 11.5 Å². The smallest absolute Gasteiger partial charge is 0.315 e. The topological polar surface area (TPSA) is 512 Å². The number of thioether (sulfide) groups is 1. The van der Waals surface area contributed by atoms with Crippen LogP contribution in [0.15, 0.2) is 71.1 Å². The normalized spacial score (nSPS) is 15.2. The number of amides is 12. The SMILES string of the molecule is COc1cc(C(C)NC(=O)CNC(=O)[C@H](CCCCNC(=O)c2ccc(-c3c4ccc(=[N+](C)C)cc-4oc4cc(N(C)C)ccc34)c(C(=O)[O-])c2)NC(=O)CNC(=O)[C@@H](N)CS)c([N+](=O)[O-])cc1OCCCC(=O)NCCOCCOCC(=O)N[C@@H](CCCCNC(=O)CCCC[C@H]1SCC2NC(=O)NC21)C(=O)NCC(N)=O. The van der Waals surface area contributed by atoms with E-state index in [2.05, 4.69) is 71.1 Å². The number of nitrogens with two attached hydrogens (primary N) is 2. The summed E-state index contributed by atoms with van der Waals surface area (Å²) in [5, 5.41) is 56.4. The van der Waals surface area contributed by atoms with Crippen molar-refractivity contribution in [1.29, 1.82) is 0 Å². The van der Waals surface area contributed by atoms with Gasteiger partial charge in [-0.1, -0.05) is 12.5 Å². The number of carboxylic acids is 1. The van der Waals surface area contributed by atoms with Crippen LogP contribution >= 0.6 is 24.4 Å². The number of carbonyl (C=O) groups is 12. The molecule has 0 spiro atoms. The molecule has 2 fully saturated rings. The van der Waals surface area contributed by atoms with Gasteiger partial charge in [0, 0.05) is 109 Å². The molecule has 3 heterocycles. The summed E-state index contributed by atoms with van der Waals surface area (Å²) in [5.74, 6) is -6.24. The van der Waals surface area contributed by atoms with Crippen LogP contribution in [0.2, 0.25) is 0 Å². The molecule has 3 unspecified atom stereocenters. The Morgan fingerprint density at radius 1 is 0.690 bits per heavy atom. The number of anilines is 1. The molecule has 2 saturated heterocycles. The molecule has 113 heavy (non-hydrogen) atoms. The molecule has 3 aliphatic heterocycles. The predicted octanol–water partition coefficient (Wildman–Crippen LogP) is -0.259. The number of nitro benzene ring substituents is 1. The highest BCUT2D eigenvalue weighted by atomic mass is 32.2. The Morgan fingerprint density at radius 2 is 1.34 bits per heavy atom. The average molecular weight is 1610 g/mol. The van der Waals surface area contributed by atoms with Crippen molar-refractivity contribution < 1.29 is 90.9 Å². The summed E-state index contributed by atoms with van der Waals surface area (Å²) in [4.78, 5) is 167. The van der Waals surface area contributed by atoms with Crippen molar-refractivity contribution in [3.05, 3.63) is 98.9 Å². The lowest BCUT2D eigenvalue weighted by molar-refractivity contribution is -0.385. The number of hydrogen-bond acceptors (Lipinski definition) is 24. The summed E-state index contributed by atoms with van der Waals surface area (Å²) in [6.07, 6.45) is 4.56. The molecule has 1 aliphatic carbocycles. The van der Waals surface area contributed by atoms with Gasteiger partial charge in [0.15, 0.2) is 11.5 Å². The van der Waals surface area contributed by atoms with Crippen molar-refractivity contribution in [2.24, 2.45) is 11.5 Å². The molecule has 12 amide bonds. The number of carboxylic acid groups (broad SMARTS) is 1. The van der Waals surface area contributed by atoms with Gasteiger partial charge in [0.05, 0.1) is 106 Å². The Morgan fingerprint density at radius 3 is 2.00 bits per heavy atom. The molecule has 0 bridgehead atoms. The second kappa shape index (κ2) is 45.0. The molecule has 614 valence electrons. The zero-order chi connectivity index (χ0) is 82.3. The minimum atomic E-state index is -1.52. The standard InChI is InChI=1S/C75H102N16O20S2/c1-43(50-35-59(107-6)60(36-56(50)91(105)106)110-28-13-18-64(94)79-27-29-108-30-31-109-40-67(97)86-54(72(100)81-37-62(77)92)15-9-11-25-78-63(93)17-8-7-16-61-69-55(42-113-61)87-75(104)88-69)84-65(95)38-83-73(101)53(85-66(96)39-82-71(99)52(76)41-112)14-10-12-26-80-70(98)44-19-22-47(51(32-44)74(102)103)68-48-23-20-45(89(2)3)33-57(48)111-58-34-46(90(4)5)21-24-49(58)68/h19-24,32-36,43,52-55,61,69H,7-18,25-31,37-42,76H2,1-6H3,(H14-,77,78,79,80,81,82,83,84,85,86,87,88,92,93,94,95,96,97,98,99,100,101,102,103,104,112)/t43?,52-,53-,54-,55?,61+,69?/m0/s1. The number of rotatable bonds is 48. The minimum absolute atomic E-state index is 0.00344. The van der Waals surface area contributed by atoms with E-state index in [0.29, 0.717) is 70.9 Å². The number of aromatic carboxylic acids is 1. The van der Waals surface area contributed by atoms with Crippen molar-refractivity contribution in [1.82, 2.24) is 63.1 Å². The fourth-order valence-electron chi connectivity index (χ4n) is 12.5. The van der Waals surface area contributed by atoms with Crippen LogP contribution in [0.4, 0.5) is 16.2 Å². The van der Waals surface area contributed by atoms with E-state index in [-0.39, 0.29) is 142 Å². The lowest BCUT2D eigenvalue weighted by Crippen LogP contribution is -2.52. The second-order valence-corrected chi connectivity index (χ2v) is 29.0. The van der Waals surface area contributed by atoms with Crippen molar-refractivity contribution in [3.8, 4) is 33.9 Å². The van der Waals surface area contributed by atoms with E-state index in [1.54, 1.807) is 6.07 Å². The molecular formula is C75H102N16O20S2. The summed E-state index contributed by atoms with van der Waals surface area (Å²) < 4.78 is 30.5. The van der Waals surface area contributed by atoms with Crippen LogP contribution in [0.1, 0.15) is 116 Å². The number of hydrogen-bond donors (Lipinski definition) is 14. The molecule has 4 aliphatic rings. The molecule has 7 rings (SSSR count). The molecule has 3 aromatic rings. The molecule has 0 saturated carbocycles. The van der Waals surface area contributed by atoms with E-state index in [4.69, 9.17) is 34.8 Å². The Labute approximate surface area is 662 Å². The van der Waals surface area contributed by atoms with Crippen LogP contribution in [-0.2, 0) is 52.6 Å². The molecular weight excluding hydrogens is 1510 g/mol. The van der Waals surface area contributed by atoms with Gasteiger partial charge in [-0.2, -0.15) is 24.4 Å². The number of ether oxygens (including phenoxy) is 4. The monoisotopic (exact) mass is 1610 g/mol. The number of primary amides is 1. The fraction of sp³-hybridized carbons (Fsp3) is 0.507. The van der Waals surface area contributed by atoms with Gasteiger partial charge in [0.1, 0.15) is 44.1 Å². The molecule has 3 aromatic carbocycles. The van der Waals surface area contributed by atoms with Crippen LogP contribution in [0.3, 0.4) is 0 Å². The zero-order valence-electron chi connectivity index (χ0n) is 64.1. The molecule has 38 heteroatoms. The number of methoxy groups -OCH3 is 1. The summed E-state index contributed by atoms with van der Waals surface area (Å²) in [6, 6.07) is 13.6.